The first-order chi connectivity index (χ1) is 9.56. The molecule has 1 aliphatic heterocycles. The lowest BCUT2D eigenvalue weighted by Crippen LogP contribution is -2.38. The van der Waals surface area contributed by atoms with Gasteiger partial charge >= 0.3 is 0 Å². The van der Waals surface area contributed by atoms with Gasteiger partial charge in [0.05, 0.1) is 0 Å². The molecule has 0 spiro atoms. The molecule has 2 rings (SSSR count). The molecule has 0 bridgehead atoms. The summed E-state index contributed by atoms with van der Waals surface area (Å²) in [5, 5.41) is 0. The van der Waals surface area contributed by atoms with Crippen molar-refractivity contribution in [2.75, 3.05) is 18.0 Å². The molecule has 1 aromatic carbocycles. The summed E-state index contributed by atoms with van der Waals surface area (Å²) in [6.45, 7) is 9.29. The fraction of sp³-hybridized carbons (Fsp3) is 0.667. The van der Waals surface area contributed by atoms with Crippen LogP contribution in [-0.2, 0) is 6.42 Å². The van der Waals surface area contributed by atoms with E-state index in [0.29, 0.717) is 11.5 Å². The van der Waals surface area contributed by atoms with E-state index in [0.717, 1.165) is 12.8 Å². The van der Waals surface area contributed by atoms with Crippen LogP contribution in [0.3, 0.4) is 0 Å². The molecule has 1 unspecified atom stereocenters. The zero-order chi connectivity index (χ0) is 14.6. The highest BCUT2D eigenvalue weighted by Crippen LogP contribution is 2.35. The van der Waals surface area contributed by atoms with Gasteiger partial charge < -0.3 is 10.6 Å². The molecule has 1 atom stereocenters. The van der Waals surface area contributed by atoms with Gasteiger partial charge in [-0.1, -0.05) is 39.3 Å². The summed E-state index contributed by atoms with van der Waals surface area (Å²) in [6.07, 6.45) is 5.96. The third kappa shape index (κ3) is 3.76. The molecule has 1 aliphatic rings. The highest BCUT2D eigenvalue weighted by Gasteiger charge is 2.28. The number of nitrogens with two attached hydrogens (primary N) is 1. The molecule has 20 heavy (non-hydrogen) atoms. The van der Waals surface area contributed by atoms with Gasteiger partial charge in [0, 0.05) is 24.8 Å². The number of anilines is 1. The SMILES string of the molecule is CCC(N)Cc1ccc(N2CCC(C)(CC)CC2)cc1. The van der Waals surface area contributed by atoms with Crippen molar-refractivity contribution >= 4 is 5.69 Å². The van der Waals surface area contributed by atoms with Crippen molar-refractivity contribution in [3.63, 3.8) is 0 Å². The Kier molecular flexibility index (Phi) is 5.09. The number of hydrogen-bond donors (Lipinski definition) is 1. The first kappa shape index (κ1) is 15.4. The fourth-order valence-electron chi connectivity index (χ4n) is 2.95. The molecule has 1 fully saturated rings. The average Bonchev–Trinajstić information content (AvgIpc) is 2.49. The Bertz CT molecular complexity index is 402. The molecule has 1 heterocycles. The highest BCUT2D eigenvalue weighted by atomic mass is 15.1. The van der Waals surface area contributed by atoms with Gasteiger partial charge in [-0.2, -0.15) is 0 Å². The van der Waals surface area contributed by atoms with Gasteiger partial charge in [0.2, 0.25) is 0 Å². The van der Waals surface area contributed by atoms with Gasteiger partial charge in [-0.25, -0.2) is 0 Å². The summed E-state index contributed by atoms with van der Waals surface area (Å²) in [5.74, 6) is 0. The van der Waals surface area contributed by atoms with Gasteiger partial charge in [-0.3, -0.25) is 0 Å². The van der Waals surface area contributed by atoms with Crippen LogP contribution in [0.1, 0.15) is 52.0 Å². The van der Waals surface area contributed by atoms with Crippen LogP contribution < -0.4 is 10.6 Å². The van der Waals surface area contributed by atoms with Crippen molar-refractivity contribution in [2.45, 2.75) is 58.9 Å². The minimum Gasteiger partial charge on any atom is -0.371 e. The molecular weight excluding hydrogens is 244 g/mol. The minimum atomic E-state index is 0.293. The van der Waals surface area contributed by atoms with E-state index >= 15 is 0 Å². The Morgan fingerprint density at radius 2 is 1.75 bits per heavy atom. The van der Waals surface area contributed by atoms with Crippen LogP contribution in [0.15, 0.2) is 24.3 Å². The van der Waals surface area contributed by atoms with Gasteiger partial charge in [0.25, 0.3) is 0 Å². The van der Waals surface area contributed by atoms with Gasteiger partial charge in [-0.05, 0) is 48.8 Å². The second kappa shape index (κ2) is 6.62. The predicted octanol–water partition coefficient (Wildman–Crippen LogP) is 3.98. The summed E-state index contributed by atoms with van der Waals surface area (Å²) in [7, 11) is 0. The summed E-state index contributed by atoms with van der Waals surface area (Å²) in [6, 6.07) is 9.33. The Balaban J connectivity index is 1.94. The van der Waals surface area contributed by atoms with Crippen LogP contribution in [0.5, 0.6) is 0 Å². The third-order valence-corrected chi connectivity index (χ3v) is 5.15. The Morgan fingerprint density at radius 3 is 2.25 bits per heavy atom. The van der Waals surface area contributed by atoms with Crippen LogP contribution in [0.25, 0.3) is 0 Å². The summed E-state index contributed by atoms with van der Waals surface area (Å²) >= 11 is 0. The van der Waals surface area contributed by atoms with Crippen molar-refractivity contribution in [2.24, 2.45) is 11.1 Å². The van der Waals surface area contributed by atoms with E-state index < -0.39 is 0 Å². The van der Waals surface area contributed by atoms with E-state index in [4.69, 9.17) is 5.73 Å². The Labute approximate surface area is 124 Å². The molecule has 0 aliphatic carbocycles. The van der Waals surface area contributed by atoms with E-state index in [1.807, 2.05) is 0 Å². The summed E-state index contributed by atoms with van der Waals surface area (Å²) < 4.78 is 0. The summed E-state index contributed by atoms with van der Waals surface area (Å²) in [5.41, 5.74) is 9.31. The lowest BCUT2D eigenvalue weighted by atomic mass is 9.78. The molecule has 1 saturated heterocycles. The maximum absolute atomic E-state index is 6.02. The fourth-order valence-corrected chi connectivity index (χ4v) is 2.95. The summed E-state index contributed by atoms with van der Waals surface area (Å²) in [4.78, 5) is 2.53. The van der Waals surface area contributed by atoms with E-state index in [9.17, 15) is 0 Å². The van der Waals surface area contributed by atoms with Crippen LogP contribution in [0.2, 0.25) is 0 Å². The first-order valence-corrected chi connectivity index (χ1v) is 8.16. The molecule has 2 N–H and O–H groups in total. The maximum atomic E-state index is 6.02. The molecule has 2 nitrogen and oxygen atoms in total. The third-order valence-electron chi connectivity index (χ3n) is 5.15. The van der Waals surface area contributed by atoms with Crippen LogP contribution in [-0.4, -0.2) is 19.1 Å². The second-order valence-electron chi connectivity index (χ2n) is 6.69. The van der Waals surface area contributed by atoms with Crippen molar-refractivity contribution < 1.29 is 0 Å². The standard InChI is InChI=1S/C18H30N2/c1-4-16(19)14-15-6-8-17(9-7-15)20-12-10-18(3,5-2)11-13-20/h6-9,16H,4-5,10-14,19H2,1-3H3. The van der Waals surface area contributed by atoms with E-state index in [1.165, 1.54) is 43.6 Å². The van der Waals surface area contributed by atoms with E-state index in [-0.39, 0.29) is 0 Å². The number of nitrogens with zero attached hydrogens (tertiary/aromatic N) is 1. The van der Waals surface area contributed by atoms with Gasteiger partial charge in [-0.15, -0.1) is 0 Å². The molecule has 0 radical (unpaired) electrons. The zero-order valence-corrected chi connectivity index (χ0v) is 13.4. The topological polar surface area (TPSA) is 29.3 Å². The van der Waals surface area contributed by atoms with Crippen molar-refractivity contribution in [3.05, 3.63) is 29.8 Å². The number of benzene rings is 1. The van der Waals surface area contributed by atoms with Gasteiger partial charge in [0.1, 0.15) is 0 Å². The lowest BCUT2D eigenvalue weighted by molar-refractivity contribution is 0.238. The van der Waals surface area contributed by atoms with Gasteiger partial charge in [0.15, 0.2) is 0 Å². The van der Waals surface area contributed by atoms with Crippen LogP contribution >= 0.6 is 0 Å². The molecule has 1 aromatic rings. The molecule has 0 saturated carbocycles. The maximum Gasteiger partial charge on any atom is 0.0366 e. The lowest BCUT2D eigenvalue weighted by Gasteiger charge is -2.40. The number of rotatable bonds is 5. The minimum absolute atomic E-state index is 0.293. The van der Waals surface area contributed by atoms with Crippen LogP contribution in [0.4, 0.5) is 5.69 Å². The molecule has 112 valence electrons. The molecule has 0 amide bonds. The molecule has 2 heteroatoms. The molecule has 0 aromatic heterocycles. The van der Waals surface area contributed by atoms with E-state index in [1.54, 1.807) is 0 Å². The molecular formula is C18H30N2. The predicted molar refractivity (Wildman–Crippen MR) is 88.3 cm³/mol. The smallest absolute Gasteiger partial charge is 0.0366 e. The van der Waals surface area contributed by atoms with Crippen molar-refractivity contribution in [1.29, 1.82) is 0 Å². The van der Waals surface area contributed by atoms with Crippen molar-refractivity contribution in [1.82, 2.24) is 0 Å². The first-order valence-electron chi connectivity index (χ1n) is 8.16. The number of hydrogen-bond acceptors (Lipinski definition) is 2. The number of piperidine rings is 1. The second-order valence-corrected chi connectivity index (χ2v) is 6.69. The van der Waals surface area contributed by atoms with Crippen molar-refractivity contribution in [3.8, 4) is 0 Å². The monoisotopic (exact) mass is 274 g/mol. The average molecular weight is 274 g/mol. The Morgan fingerprint density at radius 1 is 1.15 bits per heavy atom. The quantitative estimate of drug-likeness (QED) is 0.880. The van der Waals surface area contributed by atoms with Crippen LogP contribution in [0, 0.1) is 5.41 Å². The normalized spacial score (nSPS) is 19.9. The highest BCUT2D eigenvalue weighted by molar-refractivity contribution is 5.48. The zero-order valence-electron chi connectivity index (χ0n) is 13.4. The Hall–Kier alpha value is -1.02. The van der Waals surface area contributed by atoms with E-state index in [2.05, 4.69) is 49.9 Å². The largest absolute Gasteiger partial charge is 0.371 e.